The smallest absolute Gasteiger partial charge is 0.257 e. The highest BCUT2D eigenvalue weighted by molar-refractivity contribution is 7.14. The minimum atomic E-state index is -0.575. The summed E-state index contributed by atoms with van der Waals surface area (Å²) in [4.78, 5) is 16.4. The van der Waals surface area contributed by atoms with Gasteiger partial charge in [-0.25, -0.2) is 9.37 Å². The number of hydrogen-bond acceptors (Lipinski definition) is 5. The van der Waals surface area contributed by atoms with Crippen LogP contribution in [0.4, 0.5) is 9.52 Å². The van der Waals surface area contributed by atoms with Crippen molar-refractivity contribution >= 4 is 22.4 Å². The van der Waals surface area contributed by atoms with Gasteiger partial charge in [0.25, 0.3) is 5.91 Å². The maximum atomic E-state index is 13.6. The third-order valence-electron chi connectivity index (χ3n) is 3.03. The number of carbonyl (C=O) groups excluding carboxylic acids is 1. The van der Waals surface area contributed by atoms with Gasteiger partial charge in [0, 0.05) is 17.0 Å². The van der Waals surface area contributed by atoms with Gasteiger partial charge in [-0.05, 0) is 32.2 Å². The molecule has 1 aromatic carbocycles. The van der Waals surface area contributed by atoms with Crippen molar-refractivity contribution in [3.63, 3.8) is 0 Å². The average Bonchev–Trinajstić information content (AvgIpc) is 2.94. The van der Waals surface area contributed by atoms with E-state index in [0.29, 0.717) is 5.13 Å². The number of rotatable bonds is 5. The lowest BCUT2D eigenvalue weighted by atomic mass is 10.2. The standard InChI is InChI=1S/C14H16FN3O2S/c1-8(16-2)11-7-21-14(17-11)18-13(19)9-4-5-12(20-3)10(15)6-9/h4-8,16H,1-3H3,(H,17,18,19). The van der Waals surface area contributed by atoms with E-state index in [2.05, 4.69) is 15.6 Å². The molecule has 0 saturated heterocycles. The lowest BCUT2D eigenvalue weighted by molar-refractivity contribution is 0.102. The molecule has 2 N–H and O–H groups in total. The number of ether oxygens (including phenoxy) is 1. The van der Waals surface area contributed by atoms with E-state index in [1.54, 1.807) is 0 Å². The van der Waals surface area contributed by atoms with Crippen LogP contribution in [-0.4, -0.2) is 25.0 Å². The Morgan fingerprint density at radius 2 is 2.24 bits per heavy atom. The van der Waals surface area contributed by atoms with E-state index in [0.717, 1.165) is 11.8 Å². The molecule has 0 aliphatic heterocycles. The highest BCUT2D eigenvalue weighted by Gasteiger charge is 2.13. The van der Waals surface area contributed by atoms with Crippen LogP contribution < -0.4 is 15.4 Å². The molecule has 0 aliphatic rings. The fourth-order valence-electron chi connectivity index (χ4n) is 1.67. The molecule has 7 heteroatoms. The summed E-state index contributed by atoms with van der Waals surface area (Å²) in [6, 6.07) is 4.16. The monoisotopic (exact) mass is 309 g/mol. The molecular formula is C14H16FN3O2S. The Bertz CT molecular complexity index is 645. The van der Waals surface area contributed by atoms with Crippen LogP contribution >= 0.6 is 11.3 Å². The zero-order chi connectivity index (χ0) is 15.4. The molecule has 2 aromatic rings. The maximum Gasteiger partial charge on any atom is 0.257 e. The topological polar surface area (TPSA) is 63.2 Å². The Balaban J connectivity index is 2.11. The van der Waals surface area contributed by atoms with Gasteiger partial charge in [-0.15, -0.1) is 11.3 Å². The molecule has 1 heterocycles. The summed E-state index contributed by atoms with van der Waals surface area (Å²) in [5, 5.41) is 8.07. The van der Waals surface area contributed by atoms with Crippen LogP contribution in [0.15, 0.2) is 23.6 Å². The number of hydrogen-bond donors (Lipinski definition) is 2. The van der Waals surface area contributed by atoms with Crippen LogP contribution in [-0.2, 0) is 0 Å². The number of aromatic nitrogens is 1. The maximum absolute atomic E-state index is 13.6. The number of benzene rings is 1. The summed E-state index contributed by atoms with van der Waals surface area (Å²) in [6.07, 6.45) is 0. The van der Waals surface area contributed by atoms with Gasteiger partial charge in [0.1, 0.15) is 0 Å². The summed E-state index contributed by atoms with van der Waals surface area (Å²) < 4.78 is 18.4. The quantitative estimate of drug-likeness (QED) is 0.891. The van der Waals surface area contributed by atoms with E-state index in [9.17, 15) is 9.18 Å². The van der Waals surface area contributed by atoms with Crippen molar-refractivity contribution in [2.24, 2.45) is 0 Å². The van der Waals surface area contributed by atoms with E-state index in [1.807, 2.05) is 19.4 Å². The lowest BCUT2D eigenvalue weighted by Crippen LogP contribution is -2.14. The number of amides is 1. The summed E-state index contributed by atoms with van der Waals surface area (Å²) in [6.45, 7) is 1.97. The van der Waals surface area contributed by atoms with Crippen LogP contribution in [0.3, 0.4) is 0 Å². The normalized spacial score (nSPS) is 12.0. The number of carbonyl (C=O) groups is 1. The fourth-order valence-corrected chi connectivity index (χ4v) is 2.47. The first-order valence-corrected chi connectivity index (χ1v) is 7.20. The minimum absolute atomic E-state index is 0.102. The zero-order valence-corrected chi connectivity index (χ0v) is 12.8. The largest absolute Gasteiger partial charge is 0.494 e. The Hall–Kier alpha value is -1.99. The van der Waals surface area contributed by atoms with E-state index < -0.39 is 11.7 Å². The van der Waals surface area contributed by atoms with Crippen molar-refractivity contribution in [1.82, 2.24) is 10.3 Å². The van der Waals surface area contributed by atoms with Crippen LogP contribution in [0.25, 0.3) is 0 Å². The minimum Gasteiger partial charge on any atom is -0.494 e. The molecule has 21 heavy (non-hydrogen) atoms. The Kier molecular flexibility index (Phi) is 4.87. The van der Waals surface area contributed by atoms with Crippen molar-refractivity contribution in [2.75, 3.05) is 19.5 Å². The molecule has 1 atom stereocenters. The van der Waals surface area contributed by atoms with Gasteiger partial charge in [0.2, 0.25) is 0 Å². The Morgan fingerprint density at radius 3 is 2.86 bits per heavy atom. The number of nitrogens with one attached hydrogen (secondary N) is 2. The van der Waals surface area contributed by atoms with Crippen LogP contribution in [0.5, 0.6) is 5.75 Å². The van der Waals surface area contributed by atoms with Gasteiger partial charge >= 0.3 is 0 Å². The van der Waals surface area contributed by atoms with E-state index in [-0.39, 0.29) is 17.4 Å². The highest BCUT2D eigenvalue weighted by Crippen LogP contribution is 2.22. The van der Waals surface area contributed by atoms with Crippen LogP contribution in [0, 0.1) is 5.82 Å². The third-order valence-corrected chi connectivity index (χ3v) is 3.81. The molecule has 0 saturated carbocycles. The van der Waals surface area contributed by atoms with Gasteiger partial charge in [-0.2, -0.15) is 0 Å². The van der Waals surface area contributed by atoms with Gasteiger partial charge in [-0.1, -0.05) is 0 Å². The Labute approximate surface area is 126 Å². The molecule has 0 aliphatic carbocycles. The second-order valence-corrected chi connectivity index (χ2v) is 5.25. The second kappa shape index (κ2) is 6.64. The molecule has 0 spiro atoms. The molecule has 0 bridgehead atoms. The molecular weight excluding hydrogens is 293 g/mol. The molecule has 1 aromatic heterocycles. The van der Waals surface area contributed by atoms with Crippen molar-refractivity contribution in [3.05, 3.63) is 40.7 Å². The Morgan fingerprint density at radius 1 is 1.48 bits per heavy atom. The van der Waals surface area contributed by atoms with Crippen molar-refractivity contribution in [3.8, 4) is 5.75 Å². The first-order chi connectivity index (χ1) is 10.0. The average molecular weight is 309 g/mol. The SMILES string of the molecule is CNC(C)c1csc(NC(=O)c2ccc(OC)c(F)c2)n1. The molecule has 5 nitrogen and oxygen atoms in total. The second-order valence-electron chi connectivity index (χ2n) is 4.39. The first kappa shape index (κ1) is 15.4. The summed E-state index contributed by atoms with van der Waals surface area (Å²) in [7, 11) is 3.21. The van der Waals surface area contributed by atoms with Gasteiger partial charge in [0.05, 0.1) is 12.8 Å². The molecule has 0 fully saturated rings. The van der Waals surface area contributed by atoms with E-state index >= 15 is 0 Å². The number of nitrogens with zero attached hydrogens (tertiary/aromatic N) is 1. The summed E-state index contributed by atoms with van der Waals surface area (Å²) in [5.41, 5.74) is 1.06. The lowest BCUT2D eigenvalue weighted by Gasteiger charge is -2.06. The predicted molar refractivity (Wildman–Crippen MR) is 80.5 cm³/mol. The van der Waals surface area contributed by atoms with Gasteiger partial charge in [0.15, 0.2) is 16.7 Å². The van der Waals surface area contributed by atoms with Crippen molar-refractivity contribution in [2.45, 2.75) is 13.0 Å². The molecule has 112 valence electrons. The van der Waals surface area contributed by atoms with E-state index in [1.165, 1.54) is 30.6 Å². The number of thiazole rings is 1. The van der Waals surface area contributed by atoms with E-state index in [4.69, 9.17) is 4.74 Å². The van der Waals surface area contributed by atoms with Gasteiger partial charge < -0.3 is 10.1 Å². The highest BCUT2D eigenvalue weighted by atomic mass is 32.1. The van der Waals surface area contributed by atoms with Crippen molar-refractivity contribution in [1.29, 1.82) is 0 Å². The number of methoxy groups -OCH3 is 1. The number of halogens is 1. The zero-order valence-electron chi connectivity index (χ0n) is 11.9. The first-order valence-electron chi connectivity index (χ1n) is 6.32. The van der Waals surface area contributed by atoms with Gasteiger partial charge in [-0.3, -0.25) is 10.1 Å². The third kappa shape index (κ3) is 3.56. The summed E-state index contributed by atoms with van der Waals surface area (Å²) >= 11 is 1.33. The molecule has 2 rings (SSSR count). The van der Waals surface area contributed by atoms with Crippen molar-refractivity contribution < 1.29 is 13.9 Å². The molecule has 0 radical (unpaired) electrons. The number of anilines is 1. The summed E-state index contributed by atoms with van der Waals surface area (Å²) in [5.74, 6) is -0.880. The van der Waals surface area contributed by atoms with Crippen LogP contribution in [0.2, 0.25) is 0 Å². The fraction of sp³-hybridized carbons (Fsp3) is 0.286. The molecule has 1 amide bonds. The van der Waals surface area contributed by atoms with Crippen LogP contribution in [0.1, 0.15) is 29.0 Å². The predicted octanol–water partition coefficient (Wildman–Crippen LogP) is 2.82. The molecule has 1 unspecified atom stereocenters.